The Bertz CT molecular complexity index is 1290. The lowest BCUT2D eigenvalue weighted by Gasteiger charge is -2.07. The van der Waals surface area contributed by atoms with Crippen molar-refractivity contribution in [2.45, 2.75) is 16.3 Å². The van der Waals surface area contributed by atoms with E-state index in [4.69, 9.17) is 9.15 Å². The Morgan fingerprint density at radius 1 is 0.969 bits per heavy atom. The highest BCUT2D eigenvalue weighted by atomic mass is 79.9. The molecule has 32 heavy (non-hydrogen) atoms. The second-order valence-corrected chi connectivity index (χ2v) is 9.78. The van der Waals surface area contributed by atoms with Gasteiger partial charge >= 0.3 is 0 Å². The lowest BCUT2D eigenvalue weighted by atomic mass is 10.1. The van der Waals surface area contributed by atoms with E-state index in [1.165, 1.54) is 12.1 Å². The summed E-state index contributed by atoms with van der Waals surface area (Å²) in [4.78, 5) is 4.50. The maximum absolute atomic E-state index is 13.3. The Balaban J connectivity index is 1.63. The van der Waals surface area contributed by atoms with E-state index >= 15 is 0 Å². The summed E-state index contributed by atoms with van der Waals surface area (Å²) in [5.41, 5.74) is 1.78. The number of nitrogens with zero attached hydrogens (tertiary/aromatic N) is 1. The average Bonchev–Trinajstić information content (AvgIpc) is 3.25. The zero-order chi connectivity index (χ0) is 22.6. The fourth-order valence-electron chi connectivity index (χ4n) is 3.14. The van der Waals surface area contributed by atoms with Crippen LogP contribution in [0.2, 0.25) is 0 Å². The molecule has 1 aromatic heterocycles. The zero-order valence-electron chi connectivity index (χ0n) is 17.3. The number of oxazole rings is 1. The molecule has 0 atom stereocenters. The number of sulfone groups is 1. The fourth-order valence-corrected chi connectivity index (χ4v) is 4.69. The minimum Gasteiger partial charge on any atom is -0.497 e. The summed E-state index contributed by atoms with van der Waals surface area (Å²) < 4.78 is 38.5. The number of aromatic nitrogens is 1. The highest BCUT2D eigenvalue weighted by Crippen LogP contribution is 2.32. The van der Waals surface area contributed by atoms with Gasteiger partial charge in [-0.15, -0.1) is 0 Å². The third kappa shape index (κ3) is 4.87. The highest BCUT2D eigenvalue weighted by molar-refractivity contribution is 9.10. The van der Waals surface area contributed by atoms with Crippen LogP contribution in [0.5, 0.6) is 5.75 Å². The predicted molar refractivity (Wildman–Crippen MR) is 127 cm³/mol. The molecular formula is C24H21BrN2O4S. The summed E-state index contributed by atoms with van der Waals surface area (Å²) in [5, 5.41) is 2.99. The van der Waals surface area contributed by atoms with Crippen LogP contribution in [0, 0.1) is 0 Å². The molecule has 0 aliphatic carbocycles. The van der Waals surface area contributed by atoms with E-state index in [-0.39, 0.29) is 21.7 Å². The molecule has 164 valence electrons. The molecule has 4 rings (SSSR count). The van der Waals surface area contributed by atoms with Gasteiger partial charge in [0.05, 0.1) is 12.0 Å². The third-order valence-corrected chi connectivity index (χ3v) is 7.06. The number of methoxy groups -OCH3 is 1. The SMILES string of the molecule is COc1ccc(CCNc2oc(-c3ccccc3)nc2S(=O)(=O)c2ccc(Br)cc2)cc1. The van der Waals surface area contributed by atoms with E-state index in [1.807, 2.05) is 54.6 Å². The maximum Gasteiger partial charge on any atom is 0.233 e. The Hall–Kier alpha value is -3.10. The summed E-state index contributed by atoms with van der Waals surface area (Å²) in [6, 6.07) is 23.4. The van der Waals surface area contributed by atoms with Gasteiger partial charge in [0.1, 0.15) is 5.75 Å². The molecule has 0 fully saturated rings. The first-order valence-corrected chi connectivity index (χ1v) is 12.2. The van der Waals surface area contributed by atoms with Crippen molar-refractivity contribution in [3.8, 4) is 17.2 Å². The normalized spacial score (nSPS) is 11.3. The Kier molecular flexibility index (Phi) is 6.62. The van der Waals surface area contributed by atoms with E-state index in [9.17, 15) is 8.42 Å². The quantitative estimate of drug-likeness (QED) is 0.330. The molecule has 0 aliphatic rings. The van der Waals surface area contributed by atoms with Gasteiger partial charge in [-0.1, -0.05) is 46.3 Å². The lowest BCUT2D eigenvalue weighted by molar-refractivity contribution is 0.414. The first kappa shape index (κ1) is 22.1. The van der Waals surface area contributed by atoms with Crippen LogP contribution >= 0.6 is 15.9 Å². The second kappa shape index (κ2) is 9.58. The molecule has 6 nitrogen and oxygen atoms in total. The van der Waals surface area contributed by atoms with Crippen LogP contribution in [-0.4, -0.2) is 27.1 Å². The van der Waals surface area contributed by atoms with Gasteiger partial charge in [0.15, 0.2) is 0 Å². The largest absolute Gasteiger partial charge is 0.497 e. The van der Waals surface area contributed by atoms with Crippen LogP contribution in [0.15, 0.2) is 97.7 Å². The highest BCUT2D eigenvalue weighted by Gasteiger charge is 2.28. The maximum atomic E-state index is 13.3. The van der Waals surface area contributed by atoms with Crippen molar-refractivity contribution < 1.29 is 17.6 Å². The van der Waals surface area contributed by atoms with Crippen LogP contribution in [0.25, 0.3) is 11.5 Å². The molecule has 0 amide bonds. The van der Waals surface area contributed by atoms with Crippen molar-refractivity contribution >= 4 is 31.7 Å². The number of hydrogen-bond donors (Lipinski definition) is 1. The minimum atomic E-state index is -3.88. The molecule has 4 aromatic rings. The molecule has 3 aromatic carbocycles. The number of hydrogen-bond acceptors (Lipinski definition) is 6. The predicted octanol–water partition coefficient (Wildman–Crippen LogP) is 5.60. The van der Waals surface area contributed by atoms with E-state index in [1.54, 1.807) is 19.2 Å². The Labute approximate surface area is 195 Å². The van der Waals surface area contributed by atoms with Crippen molar-refractivity contribution in [2.75, 3.05) is 19.0 Å². The summed E-state index contributed by atoms with van der Waals surface area (Å²) in [5.74, 6) is 1.15. The lowest BCUT2D eigenvalue weighted by Crippen LogP contribution is -2.09. The van der Waals surface area contributed by atoms with Crippen molar-refractivity contribution in [3.63, 3.8) is 0 Å². The van der Waals surface area contributed by atoms with Crippen LogP contribution in [-0.2, 0) is 16.3 Å². The summed E-state index contributed by atoms with van der Waals surface area (Å²) in [6.07, 6.45) is 0.670. The van der Waals surface area contributed by atoms with E-state index in [2.05, 4.69) is 26.2 Å². The molecule has 8 heteroatoms. The van der Waals surface area contributed by atoms with Gasteiger partial charge in [-0.25, -0.2) is 8.42 Å². The van der Waals surface area contributed by atoms with Gasteiger partial charge in [-0.05, 0) is 60.5 Å². The van der Waals surface area contributed by atoms with E-state index in [0.717, 1.165) is 15.8 Å². The van der Waals surface area contributed by atoms with Gasteiger partial charge in [0.2, 0.25) is 26.6 Å². The van der Waals surface area contributed by atoms with Crippen LogP contribution < -0.4 is 10.1 Å². The average molecular weight is 513 g/mol. The van der Waals surface area contributed by atoms with Crippen LogP contribution in [0.1, 0.15) is 5.56 Å². The number of anilines is 1. The summed E-state index contributed by atoms with van der Waals surface area (Å²) in [6.45, 7) is 0.471. The Morgan fingerprint density at radius 2 is 1.66 bits per heavy atom. The molecule has 1 heterocycles. The molecular weight excluding hydrogens is 492 g/mol. The Morgan fingerprint density at radius 3 is 2.31 bits per heavy atom. The first-order valence-electron chi connectivity index (χ1n) is 9.91. The number of nitrogens with one attached hydrogen (secondary N) is 1. The molecule has 0 saturated heterocycles. The van der Waals surface area contributed by atoms with Crippen molar-refractivity contribution in [1.29, 1.82) is 0 Å². The third-order valence-electron chi connectivity index (χ3n) is 4.85. The number of benzene rings is 3. The summed E-state index contributed by atoms with van der Waals surface area (Å²) >= 11 is 3.33. The van der Waals surface area contributed by atoms with Crippen LogP contribution in [0.4, 0.5) is 5.88 Å². The molecule has 0 radical (unpaired) electrons. The molecule has 1 N–H and O–H groups in total. The minimum absolute atomic E-state index is 0.125. The monoisotopic (exact) mass is 512 g/mol. The smallest absolute Gasteiger partial charge is 0.233 e. The fraction of sp³-hybridized carbons (Fsp3) is 0.125. The van der Waals surface area contributed by atoms with Crippen molar-refractivity contribution in [3.05, 3.63) is 88.9 Å². The second-order valence-electron chi connectivity index (χ2n) is 7.00. The molecule has 0 aliphatic heterocycles. The molecule has 0 bridgehead atoms. The molecule has 0 spiro atoms. The number of rotatable bonds is 8. The van der Waals surface area contributed by atoms with Crippen molar-refractivity contribution in [1.82, 2.24) is 4.98 Å². The van der Waals surface area contributed by atoms with Gasteiger partial charge in [-0.3, -0.25) is 0 Å². The van der Waals surface area contributed by atoms with E-state index in [0.29, 0.717) is 18.5 Å². The number of ether oxygens (including phenoxy) is 1. The first-order chi connectivity index (χ1) is 15.5. The standard InChI is InChI=1S/C24H21BrN2O4S/c1-30-20-11-7-17(8-12-20)15-16-26-23-24(27-22(31-23)18-5-3-2-4-6-18)32(28,29)21-13-9-19(25)10-14-21/h2-14,26H,15-16H2,1H3. The van der Waals surface area contributed by atoms with Gasteiger partial charge in [-0.2, -0.15) is 4.98 Å². The number of halogens is 1. The molecule has 0 saturated carbocycles. The van der Waals surface area contributed by atoms with Crippen molar-refractivity contribution in [2.24, 2.45) is 0 Å². The van der Waals surface area contributed by atoms with Gasteiger partial charge in [0.25, 0.3) is 0 Å². The van der Waals surface area contributed by atoms with Gasteiger partial charge in [0, 0.05) is 16.6 Å². The van der Waals surface area contributed by atoms with Crippen LogP contribution in [0.3, 0.4) is 0 Å². The van der Waals surface area contributed by atoms with Gasteiger partial charge < -0.3 is 14.5 Å². The molecule has 0 unspecified atom stereocenters. The topological polar surface area (TPSA) is 81.4 Å². The van der Waals surface area contributed by atoms with E-state index < -0.39 is 9.84 Å². The summed E-state index contributed by atoms with van der Waals surface area (Å²) in [7, 11) is -2.26. The zero-order valence-corrected chi connectivity index (χ0v) is 19.7.